The molecule has 0 spiro atoms. The molecule has 0 bridgehead atoms. The SMILES string of the molecule is CC/C=C\CCO[C@@H]1O[C@H](CO)[C@H](O)[C@H](O)[C@H]1O. The first-order valence-corrected chi connectivity index (χ1v) is 6.19. The molecule has 0 aromatic rings. The molecule has 0 aliphatic carbocycles. The van der Waals surface area contributed by atoms with Gasteiger partial charge in [-0.25, -0.2) is 0 Å². The Morgan fingerprint density at radius 1 is 1.11 bits per heavy atom. The number of allylic oxidation sites excluding steroid dienone is 1. The van der Waals surface area contributed by atoms with Gasteiger partial charge < -0.3 is 29.9 Å². The predicted molar refractivity (Wildman–Crippen MR) is 63.8 cm³/mol. The van der Waals surface area contributed by atoms with E-state index in [4.69, 9.17) is 14.6 Å². The fourth-order valence-electron chi connectivity index (χ4n) is 1.74. The second-order valence-corrected chi connectivity index (χ2v) is 4.24. The number of rotatable bonds is 6. The van der Waals surface area contributed by atoms with E-state index in [0.29, 0.717) is 13.0 Å². The van der Waals surface area contributed by atoms with Gasteiger partial charge in [-0.15, -0.1) is 0 Å². The molecule has 106 valence electrons. The minimum atomic E-state index is -1.38. The summed E-state index contributed by atoms with van der Waals surface area (Å²) >= 11 is 0. The molecule has 0 radical (unpaired) electrons. The summed E-state index contributed by atoms with van der Waals surface area (Å²) < 4.78 is 10.5. The lowest BCUT2D eigenvalue weighted by Gasteiger charge is -2.39. The Morgan fingerprint density at radius 2 is 1.83 bits per heavy atom. The normalized spacial score (nSPS) is 37.3. The first-order valence-electron chi connectivity index (χ1n) is 6.19. The van der Waals surface area contributed by atoms with Gasteiger partial charge in [-0.2, -0.15) is 0 Å². The Morgan fingerprint density at radius 3 is 2.44 bits per heavy atom. The van der Waals surface area contributed by atoms with Crippen molar-refractivity contribution in [1.29, 1.82) is 0 Å². The van der Waals surface area contributed by atoms with Gasteiger partial charge in [0, 0.05) is 0 Å². The lowest BCUT2D eigenvalue weighted by molar-refractivity contribution is -0.300. The Balaban J connectivity index is 2.41. The minimum absolute atomic E-state index is 0.333. The highest BCUT2D eigenvalue weighted by atomic mass is 16.7. The molecule has 0 unspecified atom stereocenters. The number of ether oxygens (including phenoxy) is 2. The predicted octanol–water partition coefficient (Wildman–Crippen LogP) is -0.841. The van der Waals surface area contributed by atoms with Crippen LogP contribution in [0, 0.1) is 0 Å². The minimum Gasteiger partial charge on any atom is -0.394 e. The average molecular weight is 262 g/mol. The molecule has 0 amide bonds. The third-order valence-electron chi connectivity index (χ3n) is 2.82. The van der Waals surface area contributed by atoms with Gasteiger partial charge in [0.2, 0.25) is 0 Å². The maximum atomic E-state index is 9.66. The van der Waals surface area contributed by atoms with Gasteiger partial charge in [0.05, 0.1) is 13.2 Å². The molecule has 1 aliphatic rings. The standard InChI is InChI=1S/C12H22O6/c1-2-3-4-5-6-17-12-11(16)10(15)9(14)8(7-13)18-12/h3-4,8-16H,2,5-7H2,1H3/b4-3-/t8-,9+,10+,11-,12-/m1/s1. The molecular formula is C12H22O6. The lowest BCUT2D eigenvalue weighted by Crippen LogP contribution is -2.59. The number of aliphatic hydroxyl groups is 4. The molecule has 0 saturated carbocycles. The molecule has 5 atom stereocenters. The largest absolute Gasteiger partial charge is 0.394 e. The van der Waals surface area contributed by atoms with Gasteiger partial charge >= 0.3 is 0 Å². The van der Waals surface area contributed by atoms with Crippen LogP contribution >= 0.6 is 0 Å². The maximum Gasteiger partial charge on any atom is 0.186 e. The zero-order valence-electron chi connectivity index (χ0n) is 10.5. The van der Waals surface area contributed by atoms with Gasteiger partial charge in [0.25, 0.3) is 0 Å². The van der Waals surface area contributed by atoms with Gasteiger partial charge in [-0.05, 0) is 12.8 Å². The molecular weight excluding hydrogens is 240 g/mol. The molecule has 1 fully saturated rings. The number of aliphatic hydroxyl groups excluding tert-OH is 4. The lowest BCUT2D eigenvalue weighted by atomic mass is 9.99. The highest BCUT2D eigenvalue weighted by Gasteiger charge is 2.43. The Hall–Kier alpha value is -0.500. The smallest absolute Gasteiger partial charge is 0.186 e. The number of hydrogen-bond acceptors (Lipinski definition) is 6. The molecule has 0 aromatic carbocycles. The van der Waals surface area contributed by atoms with Crippen LogP contribution in [0.25, 0.3) is 0 Å². The molecule has 1 heterocycles. The number of hydrogen-bond donors (Lipinski definition) is 4. The van der Waals surface area contributed by atoms with Crippen molar-refractivity contribution in [2.45, 2.75) is 50.5 Å². The Bertz CT molecular complexity index is 255. The fourth-order valence-corrected chi connectivity index (χ4v) is 1.74. The van der Waals surface area contributed by atoms with Gasteiger partial charge in [-0.1, -0.05) is 19.1 Å². The van der Waals surface area contributed by atoms with Crippen molar-refractivity contribution in [1.82, 2.24) is 0 Å². The van der Waals surface area contributed by atoms with Crippen LogP contribution in [-0.2, 0) is 9.47 Å². The molecule has 1 saturated heterocycles. The third kappa shape index (κ3) is 4.01. The molecule has 6 heteroatoms. The summed E-state index contributed by atoms with van der Waals surface area (Å²) in [5.41, 5.74) is 0. The molecule has 4 N–H and O–H groups in total. The summed E-state index contributed by atoms with van der Waals surface area (Å²) in [6, 6.07) is 0. The van der Waals surface area contributed by atoms with Gasteiger partial charge in [0.15, 0.2) is 6.29 Å². The summed E-state index contributed by atoms with van der Waals surface area (Å²) in [6.07, 6.45) is -0.436. The van der Waals surface area contributed by atoms with Crippen molar-refractivity contribution in [3.8, 4) is 0 Å². The van der Waals surface area contributed by atoms with E-state index in [2.05, 4.69) is 0 Å². The zero-order valence-corrected chi connectivity index (χ0v) is 10.5. The average Bonchev–Trinajstić information content (AvgIpc) is 2.38. The fraction of sp³-hybridized carbons (Fsp3) is 0.833. The Labute approximate surface area is 106 Å². The monoisotopic (exact) mass is 262 g/mol. The second-order valence-electron chi connectivity index (χ2n) is 4.24. The maximum absolute atomic E-state index is 9.66. The van der Waals surface area contributed by atoms with Crippen LogP contribution < -0.4 is 0 Å². The summed E-state index contributed by atoms with van der Waals surface area (Å²) in [6.45, 7) is 1.91. The van der Waals surface area contributed by atoms with E-state index < -0.39 is 37.3 Å². The van der Waals surface area contributed by atoms with Crippen LogP contribution in [0.15, 0.2) is 12.2 Å². The first kappa shape index (κ1) is 15.6. The van der Waals surface area contributed by atoms with Crippen molar-refractivity contribution >= 4 is 0 Å². The Kier molecular flexibility index (Phi) is 6.77. The zero-order chi connectivity index (χ0) is 13.5. The van der Waals surface area contributed by atoms with Crippen LogP contribution in [0.4, 0.5) is 0 Å². The van der Waals surface area contributed by atoms with E-state index in [1.807, 2.05) is 19.1 Å². The summed E-state index contributed by atoms with van der Waals surface area (Å²) in [5, 5.41) is 37.7. The van der Waals surface area contributed by atoms with Crippen LogP contribution in [-0.4, -0.2) is 64.3 Å². The van der Waals surface area contributed by atoms with E-state index >= 15 is 0 Å². The van der Waals surface area contributed by atoms with Crippen molar-refractivity contribution < 1.29 is 29.9 Å². The quantitative estimate of drug-likeness (QED) is 0.368. The van der Waals surface area contributed by atoms with E-state index in [0.717, 1.165) is 6.42 Å². The van der Waals surface area contributed by atoms with Crippen molar-refractivity contribution in [2.24, 2.45) is 0 Å². The summed E-state index contributed by atoms with van der Waals surface area (Å²) in [7, 11) is 0. The summed E-state index contributed by atoms with van der Waals surface area (Å²) in [5.74, 6) is 0. The van der Waals surface area contributed by atoms with E-state index in [1.54, 1.807) is 0 Å². The van der Waals surface area contributed by atoms with E-state index in [1.165, 1.54) is 0 Å². The van der Waals surface area contributed by atoms with Gasteiger partial charge in [0.1, 0.15) is 24.4 Å². The molecule has 1 aliphatic heterocycles. The van der Waals surface area contributed by atoms with E-state index in [-0.39, 0.29) is 0 Å². The highest BCUT2D eigenvalue weighted by molar-refractivity contribution is 4.89. The summed E-state index contributed by atoms with van der Waals surface area (Å²) in [4.78, 5) is 0. The van der Waals surface area contributed by atoms with Crippen molar-refractivity contribution in [3.63, 3.8) is 0 Å². The van der Waals surface area contributed by atoms with Crippen LogP contribution in [0.3, 0.4) is 0 Å². The molecule has 0 aromatic heterocycles. The molecule has 6 nitrogen and oxygen atoms in total. The third-order valence-corrected chi connectivity index (χ3v) is 2.82. The van der Waals surface area contributed by atoms with Crippen LogP contribution in [0.1, 0.15) is 19.8 Å². The first-order chi connectivity index (χ1) is 8.61. The second kappa shape index (κ2) is 7.83. The van der Waals surface area contributed by atoms with Gasteiger partial charge in [-0.3, -0.25) is 0 Å². The molecule has 1 rings (SSSR count). The van der Waals surface area contributed by atoms with Crippen LogP contribution in [0.5, 0.6) is 0 Å². The highest BCUT2D eigenvalue weighted by Crippen LogP contribution is 2.21. The van der Waals surface area contributed by atoms with Crippen molar-refractivity contribution in [3.05, 3.63) is 12.2 Å². The van der Waals surface area contributed by atoms with Crippen LogP contribution in [0.2, 0.25) is 0 Å². The molecule has 18 heavy (non-hydrogen) atoms. The van der Waals surface area contributed by atoms with Crippen molar-refractivity contribution in [2.75, 3.05) is 13.2 Å². The topological polar surface area (TPSA) is 99.4 Å². The van der Waals surface area contributed by atoms with E-state index in [9.17, 15) is 15.3 Å².